The van der Waals surface area contributed by atoms with Gasteiger partial charge in [-0.25, -0.2) is 0 Å². The van der Waals surface area contributed by atoms with E-state index in [-0.39, 0.29) is 0 Å². The largest absolute Gasteiger partial charge is 0.394 e. The molecule has 108 valence electrons. The van der Waals surface area contributed by atoms with Crippen molar-refractivity contribution in [3.05, 3.63) is 35.4 Å². The Morgan fingerprint density at radius 1 is 1.05 bits per heavy atom. The Labute approximate surface area is 117 Å². The van der Waals surface area contributed by atoms with Gasteiger partial charge in [0.05, 0.1) is 6.61 Å². The first-order valence-electron chi connectivity index (χ1n) is 6.41. The highest BCUT2D eigenvalue weighted by Crippen LogP contribution is 2.20. The summed E-state index contributed by atoms with van der Waals surface area (Å²) in [4.78, 5) is 0. The maximum absolute atomic E-state index is 9.82. The Hall–Kier alpha value is -1.42. The molecule has 5 nitrogen and oxygen atoms in total. The van der Waals surface area contributed by atoms with Gasteiger partial charge in [0.15, 0.2) is 0 Å². The number of benzene rings is 1. The molecule has 1 aliphatic heterocycles. The molecular formula is C15H18O5. The fourth-order valence-corrected chi connectivity index (χ4v) is 2.01. The van der Waals surface area contributed by atoms with Gasteiger partial charge in [0, 0.05) is 5.56 Å². The van der Waals surface area contributed by atoms with E-state index in [1.807, 2.05) is 31.2 Å². The van der Waals surface area contributed by atoms with Gasteiger partial charge in [-0.1, -0.05) is 29.5 Å². The van der Waals surface area contributed by atoms with Gasteiger partial charge in [0.25, 0.3) is 0 Å². The lowest BCUT2D eigenvalue weighted by atomic mass is 9.95. The third kappa shape index (κ3) is 3.18. The first-order chi connectivity index (χ1) is 9.52. The molecule has 2 rings (SSSR count). The highest BCUT2D eigenvalue weighted by molar-refractivity contribution is 5.37. The summed E-state index contributed by atoms with van der Waals surface area (Å²) in [6.45, 7) is 1.52. The summed E-state index contributed by atoms with van der Waals surface area (Å²) in [5.74, 6) is 5.56. The number of hydrogen-bond acceptors (Lipinski definition) is 5. The normalized spacial score (nSPS) is 33.4. The van der Waals surface area contributed by atoms with Gasteiger partial charge >= 0.3 is 0 Å². The van der Waals surface area contributed by atoms with Gasteiger partial charge < -0.3 is 25.2 Å². The second-order valence-electron chi connectivity index (χ2n) is 4.88. The van der Waals surface area contributed by atoms with Crippen LogP contribution >= 0.6 is 0 Å². The van der Waals surface area contributed by atoms with E-state index in [0.29, 0.717) is 0 Å². The Bertz CT molecular complexity index is 499. The molecule has 0 unspecified atom stereocenters. The van der Waals surface area contributed by atoms with Crippen molar-refractivity contribution in [1.29, 1.82) is 0 Å². The molecular weight excluding hydrogens is 260 g/mol. The molecule has 20 heavy (non-hydrogen) atoms. The molecule has 0 aliphatic carbocycles. The molecule has 1 heterocycles. The van der Waals surface area contributed by atoms with Crippen molar-refractivity contribution in [3.63, 3.8) is 0 Å². The van der Waals surface area contributed by atoms with Crippen LogP contribution < -0.4 is 0 Å². The lowest BCUT2D eigenvalue weighted by Gasteiger charge is -2.37. The molecule has 0 spiro atoms. The highest BCUT2D eigenvalue weighted by Gasteiger charge is 2.42. The Morgan fingerprint density at radius 3 is 2.30 bits per heavy atom. The van der Waals surface area contributed by atoms with Gasteiger partial charge in [-0.05, 0) is 19.1 Å². The second kappa shape index (κ2) is 6.35. The van der Waals surface area contributed by atoms with Crippen LogP contribution in [0.25, 0.3) is 0 Å². The standard InChI is InChI=1S/C15H18O5/c1-9-2-4-10(5-3-9)6-7-11-13(17)15(19)14(18)12(8-16)20-11/h2-5,11-19H,8H2,1H3/t11-,12-,13-,14-,15-/m1/s1. The van der Waals surface area contributed by atoms with Crippen LogP contribution in [-0.4, -0.2) is 57.6 Å². The average molecular weight is 278 g/mol. The van der Waals surface area contributed by atoms with Crippen LogP contribution in [0, 0.1) is 18.8 Å². The lowest BCUT2D eigenvalue weighted by molar-refractivity contribution is -0.214. The van der Waals surface area contributed by atoms with Crippen LogP contribution in [0.2, 0.25) is 0 Å². The molecule has 1 fully saturated rings. The molecule has 0 bridgehead atoms. The zero-order chi connectivity index (χ0) is 14.7. The first kappa shape index (κ1) is 15.0. The molecule has 1 saturated heterocycles. The van der Waals surface area contributed by atoms with Crippen molar-refractivity contribution in [1.82, 2.24) is 0 Å². The molecule has 4 N–H and O–H groups in total. The van der Waals surface area contributed by atoms with Crippen LogP contribution in [0.15, 0.2) is 24.3 Å². The number of hydrogen-bond donors (Lipinski definition) is 4. The molecule has 0 amide bonds. The van der Waals surface area contributed by atoms with E-state index < -0.39 is 37.1 Å². The number of aliphatic hydroxyl groups excluding tert-OH is 4. The van der Waals surface area contributed by atoms with E-state index in [2.05, 4.69) is 11.8 Å². The SMILES string of the molecule is Cc1ccc(C#C[C@H]2O[C@H](CO)[C@@H](O)[C@H](O)[C@@H]2O)cc1. The van der Waals surface area contributed by atoms with Crippen molar-refractivity contribution in [2.24, 2.45) is 0 Å². The molecule has 1 aliphatic rings. The monoisotopic (exact) mass is 278 g/mol. The molecule has 0 radical (unpaired) electrons. The Morgan fingerprint density at radius 2 is 1.70 bits per heavy atom. The highest BCUT2D eigenvalue weighted by atomic mass is 16.5. The third-order valence-corrected chi connectivity index (χ3v) is 3.30. The number of ether oxygens (including phenoxy) is 1. The lowest BCUT2D eigenvalue weighted by Crippen LogP contribution is -2.58. The third-order valence-electron chi connectivity index (χ3n) is 3.30. The number of rotatable bonds is 1. The number of aliphatic hydroxyl groups is 4. The summed E-state index contributed by atoms with van der Waals surface area (Å²) in [6, 6.07) is 7.51. The molecule has 5 atom stereocenters. The zero-order valence-corrected chi connectivity index (χ0v) is 11.1. The summed E-state index contributed by atoms with van der Waals surface area (Å²) < 4.78 is 5.29. The minimum Gasteiger partial charge on any atom is -0.394 e. The summed E-state index contributed by atoms with van der Waals surface area (Å²) in [7, 11) is 0. The summed E-state index contributed by atoms with van der Waals surface area (Å²) in [6.07, 6.45) is -5.94. The fraction of sp³-hybridized carbons (Fsp3) is 0.467. The van der Waals surface area contributed by atoms with Crippen molar-refractivity contribution in [2.45, 2.75) is 37.4 Å². The number of aryl methyl sites for hydroxylation is 1. The summed E-state index contributed by atoms with van der Waals surface area (Å²) in [5, 5.41) is 38.2. The Kier molecular flexibility index (Phi) is 4.76. The minimum atomic E-state index is -1.39. The van der Waals surface area contributed by atoms with Gasteiger partial charge in [-0.2, -0.15) is 0 Å². The quantitative estimate of drug-likeness (QED) is 0.504. The minimum absolute atomic E-state index is 0.451. The molecule has 0 saturated carbocycles. The van der Waals surface area contributed by atoms with Crippen LogP contribution in [-0.2, 0) is 4.74 Å². The topological polar surface area (TPSA) is 90.2 Å². The zero-order valence-electron chi connectivity index (χ0n) is 11.1. The maximum Gasteiger partial charge on any atom is 0.147 e. The summed E-state index contributed by atoms with van der Waals surface area (Å²) in [5.41, 5.74) is 1.87. The van der Waals surface area contributed by atoms with Crippen molar-refractivity contribution in [2.75, 3.05) is 6.61 Å². The average Bonchev–Trinajstić information content (AvgIpc) is 2.46. The molecule has 1 aromatic rings. The van der Waals surface area contributed by atoms with E-state index in [1.165, 1.54) is 0 Å². The van der Waals surface area contributed by atoms with Gasteiger partial charge in [-0.3, -0.25) is 0 Å². The fourth-order valence-electron chi connectivity index (χ4n) is 2.01. The van der Waals surface area contributed by atoms with E-state index in [9.17, 15) is 15.3 Å². The van der Waals surface area contributed by atoms with Crippen molar-refractivity contribution < 1.29 is 25.2 Å². The smallest absolute Gasteiger partial charge is 0.147 e. The molecule has 1 aromatic carbocycles. The molecule has 0 aromatic heterocycles. The second-order valence-corrected chi connectivity index (χ2v) is 4.88. The predicted molar refractivity (Wildman–Crippen MR) is 71.8 cm³/mol. The first-order valence-corrected chi connectivity index (χ1v) is 6.41. The van der Waals surface area contributed by atoms with Gasteiger partial charge in [0.2, 0.25) is 0 Å². The van der Waals surface area contributed by atoms with Crippen molar-refractivity contribution in [3.8, 4) is 11.8 Å². The predicted octanol–water partition coefficient (Wildman–Crippen LogP) is -0.811. The van der Waals surface area contributed by atoms with E-state index in [4.69, 9.17) is 9.84 Å². The van der Waals surface area contributed by atoms with Crippen LogP contribution in [0.3, 0.4) is 0 Å². The van der Waals surface area contributed by atoms with E-state index in [1.54, 1.807) is 0 Å². The van der Waals surface area contributed by atoms with Gasteiger partial charge in [-0.15, -0.1) is 0 Å². The van der Waals surface area contributed by atoms with E-state index in [0.717, 1.165) is 11.1 Å². The Balaban J connectivity index is 2.14. The maximum atomic E-state index is 9.82. The summed E-state index contributed by atoms with van der Waals surface area (Å²) >= 11 is 0. The van der Waals surface area contributed by atoms with Crippen molar-refractivity contribution >= 4 is 0 Å². The van der Waals surface area contributed by atoms with Gasteiger partial charge in [0.1, 0.15) is 30.5 Å². The van der Waals surface area contributed by atoms with Crippen LogP contribution in [0.4, 0.5) is 0 Å². The van der Waals surface area contributed by atoms with Crippen LogP contribution in [0.1, 0.15) is 11.1 Å². The molecule has 5 heteroatoms. The van der Waals surface area contributed by atoms with E-state index >= 15 is 0 Å². The van der Waals surface area contributed by atoms with Crippen LogP contribution in [0.5, 0.6) is 0 Å².